The van der Waals surface area contributed by atoms with Crippen LogP contribution in [0.5, 0.6) is 0 Å². The number of thioether (sulfide) groups is 1. The number of fused-ring (bicyclic) bond motifs is 1. The Kier molecular flexibility index (Phi) is 3.19. The number of amides is 2. The SMILES string of the molecule is CC12CCC(=O)N1C(C(=O)N1CCC[C@H]1C(=O)O)CS2. The van der Waals surface area contributed by atoms with Gasteiger partial charge < -0.3 is 14.9 Å². The number of carboxylic acid groups (broad SMARTS) is 1. The van der Waals surface area contributed by atoms with Crippen molar-refractivity contribution in [1.82, 2.24) is 9.80 Å². The molecule has 3 aliphatic rings. The van der Waals surface area contributed by atoms with Gasteiger partial charge in [-0.05, 0) is 26.2 Å². The molecule has 0 aromatic heterocycles. The van der Waals surface area contributed by atoms with Crippen molar-refractivity contribution in [3.05, 3.63) is 0 Å². The van der Waals surface area contributed by atoms with E-state index in [1.165, 1.54) is 4.90 Å². The van der Waals surface area contributed by atoms with Gasteiger partial charge in [-0.3, -0.25) is 9.59 Å². The molecule has 20 heavy (non-hydrogen) atoms. The standard InChI is InChI=1S/C13H18N2O4S/c1-13-5-4-10(16)15(13)9(7-20-13)11(17)14-6-2-3-8(14)12(18)19/h8-9H,2-7H2,1H3,(H,18,19)/t8-,9?,13?/m0/s1. The second kappa shape index (κ2) is 4.65. The van der Waals surface area contributed by atoms with E-state index in [0.717, 1.165) is 6.42 Å². The van der Waals surface area contributed by atoms with Gasteiger partial charge in [0.15, 0.2) is 0 Å². The molecular weight excluding hydrogens is 280 g/mol. The fraction of sp³-hybridized carbons (Fsp3) is 0.769. The molecule has 3 saturated heterocycles. The van der Waals surface area contributed by atoms with E-state index >= 15 is 0 Å². The molecule has 0 spiro atoms. The number of hydrogen-bond donors (Lipinski definition) is 1. The monoisotopic (exact) mass is 298 g/mol. The van der Waals surface area contributed by atoms with Crippen LogP contribution < -0.4 is 0 Å². The van der Waals surface area contributed by atoms with Crippen molar-refractivity contribution in [2.75, 3.05) is 12.3 Å². The number of carbonyl (C=O) groups excluding carboxylic acids is 2. The van der Waals surface area contributed by atoms with Gasteiger partial charge in [-0.15, -0.1) is 11.8 Å². The third-order valence-corrected chi connectivity index (χ3v) is 6.06. The Bertz CT molecular complexity index is 483. The molecule has 2 amide bonds. The lowest BCUT2D eigenvalue weighted by Gasteiger charge is -2.32. The fourth-order valence-electron chi connectivity index (χ4n) is 3.48. The van der Waals surface area contributed by atoms with Gasteiger partial charge in [-0.1, -0.05) is 0 Å². The van der Waals surface area contributed by atoms with Crippen LogP contribution in [-0.2, 0) is 14.4 Å². The van der Waals surface area contributed by atoms with Gasteiger partial charge >= 0.3 is 5.97 Å². The summed E-state index contributed by atoms with van der Waals surface area (Å²) in [6, 6.07) is -1.21. The van der Waals surface area contributed by atoms with Gasteiger partial charge in [0.25, 0.3) is 0 Å². The lowest BCUT2D eigenvalue weighted by Crippen LogP contribution is -2.53. The molecule has 2 unspecified atom stereocenters. The molecule has 0 aromatic rings. The van der Waals surface area contributed by atoms with Crippen molar-refractivity contribution in [3.63, 3.8) is 0 Å². The van der Waals surface area contributed by atoms with E-state index in [1.54, 1.807) is 16.7 Å². The van der Waals surface area contributed by atoms with Gasteiger partial charge in [-0.2, -0.15) is 0 Å². The number of aliphatic carboxylic acids is 1. The lowest BCUT2D eigenvalue weighted by molar-refractivity contribution is -0.151. The number of rotatable bonds is 2. The predicted molar refractivity (Wildman–Crippen MR) is 73.1 cm³/mol. The molecule has 110 valence electrons. The highest BCUT2D eigenvalue weighted by molar-refractivity contribution is 8.01. The Hall–Kier alpha value is -1.24. The first kappa shape index (κ1) is 13.7. The summed E-state index contributed by atoms with van der Waals surface area (Å²) in [5, 5.41) is 9.19. The molecule has 0 bridgehead atoms. The maximum Gasteiger partial charge on any atom is 0.326 e. The normalized spacial score (nSPS) is 36.5. The van der Waals surface area contributed by atoms with Gasteiger partial charge in [0, 0.05) is 18.7 Å². The molecule has 0 aromatic carbocycles. The van der Waals surface area contributed by atoms with Crippen LogP contribution >= 0.6 is 11.8 Å². The first-order chi connectivity index (χ1) is 9.44. The molecule has 0 saturated carbocycles. The summed E-state index contributed by atoms with van der Waals surface area (Å²) in [6.45, 7) is 2.48. The van der Waals surface area contributed by atoms with Crippen LogP contribution in [0.3, 0.4) is 0 Å². The van der Waals surface area contributed by atoms with Crippen LogP contribution in [0, 0.1) is 0 Å². The molecule has 3 atom stereocenters. The summed E-state index contributed by atoms with van der Waals surface area (Å²) < 4.78 is 0. The van der Waals surface area contributed by atoms with Gasteiger partial charge in [0.2, 0.25) is 11.8 Å². The zero-order valence-corrected chi connectivity index (χ0v) is 12.2. The average Bonchev–Trinajstić information content (AvgIpc) is 3.05. The molecule has 1 N–H and O–H groups in total. The number of likely N-dealkylation sites (tertiary alicyclic amines) is 1. The Morgan fingerprint density at radius 3 is 2.85 bits per heavy atom. The zero-order valence-electron chi connectivity index (χ0n) is 11.4. The van der Waals surface area contributed by atoms with Gasteiger partial charge in [0.05, 0.1) is 4.87 Å². The van der Waals surface area contributed by atoms with Crippen LogP contribution in [0.1, 0.15) is 32.6 Å². The smallest absolute Gasteiger partial charge is 0.326 e. The van der Waals surface area contributed by atoms with E-state index in [2.05, 4.69) is 0 Å². The summed E-state index contributed by atoms with van der Waals surface area (Å²) in [5.41, 5.74) is 0. The minimum absolute atomic E-state index is 0.0157. The molecule has 6 nitrogen and oxygen atoms in total. The van der Waals surface area contributed by atoms with E-state index in [9.17, 15) is 19.5 Å². The van der Waals surface area contributed by atoms with Crippen molar-refractivity contribution in [1.29, 1.82) is 0 Å². The fourth-order valence-corrected chi connectivity index (χ4v) is 4.91. The molecule has 0 radical (unpaired) electrons. The first-order valence-corrected chi connectivity index (χ1v) is 7.92. The third kappa shape index (κ3) is 1.90. The maximum absolute atomic E-state index is 12.6. The molecule has 3 heterocycles. The maximum atomic E-state index is 12.6. The van der Waals surface area contributed by atoms with E-state index in [4.69, 9.17) is 0 Å². The second-order valence-corrected chi connectivity index (χ2v) is 7.29. The van der Waals surface area contributed by atoms with E-state index in [1.807, 2.05) is 6.92 Å². The van der Waals surface area contributed by atoms with Gasteiger partial charge in [0.1, 0.15) is 12.1 Å². The topological polar surface area (TPSA) is 77.9 Å². The molecule has 3 fully saturated rings. The Morgan fingerprint density at radius 1 is 1.40 bits per heavy atom. The molecule has 3 rings (SSSR count). The lowest BCUT2D eigenvalue weighted by atomic mass is 10.1. The number of carbonyl (C=O) groups is 3. The van der Waals surface area contributed by atoms with Crippen molar-refractivity contribution in [2.24, 2.45) is 0 Å². The second-order valence-electron chi connectivity index (χ2n) is 5.79. The van der Waals surface area contributed by atoms with E-state index in [0.29, 0.717) is 31.6 Å². The minimum atomic E-state index is -0.947. The predicted octanol–water partition coefficient (Wildman–Crippen LogP) is 0.516. The van der Waals surface area contributed by atoms with Crippen LogP contribution in [0.25, 0.3) is 0 Å². The largest absolute Gasteiger partial charge is 0.480 e. The minimum Gasteiger partial charge on any atom is -0.480 e. The molecule has 7 heteroatoms. The highest BCUT2D eigenvalue weighted by Gasteiger charge is 2.54. The quantitative estimate of drug-likeness (QED) is 0.804. The van der Waals surface area contributed by atoms with Crippen LogP contribution in [0.2, 0.25) is 0 Å². The Labute approximate surface area is 121 Å². The van der Waals surface area contributed by atoms with Crippen molar-refractivity contribution in [3.8, 4) is 0 Å². The number of hydrogen-bond acceptors (Lipinski definition) is 4. The first-order valence-electron chi connectivity index (χ1n) is 6.93. The summed E-state index contributed by atoms with van der Waals surface area (Å²) in [6.07, 6.45) is 2.47. The van der Waals surface area contributed by atoms with Crippen molar-refractivity contribution in [2.45, 2.75) is 49.6 Å². The van der Waals surface area contributed by atoms with Crippen molar-refractivity contribution < 1.29 is 19.5 Å². The molecular formula is C13H18N2O4S. The molecule has 0 aliphatic carbocycles. The Balaban J connectivity index is 1.81. The van der Waals surface area contributed by atoms with Crippen molar-refractivity contribution >= 4 is 29.5 Å². The molecule has 3 aliphatic heterocycles. The number of nitrogens with zero attached hydrogens (tertiary/aromatic N) is 2. The highest BCUT2D eigenvalue weighted by Crippen LogP contribution is 2.47. The van der Waals surface area contributed by atoms with Crippen LogP contribution in [0.15, 0.2) is 0 Å². The third-order valence-electron chi connectivity index (χ3n) is 4.55. The van der Waals surface area contributed by atoms with Crippen LogP contribution in [-0.4, -0.2) is 61.9 Å². The average molecular weight is 298 g/mol. The summed E-state index contributed by atoms with van der Waals surface area (Å²) in [7, 11) is 0. The summed E-state index contributed by atoms with van der Waals surface area (Å²) in [5.74, 6) is -0.551. The van der Waals surface area contributed by atoms with E-state index in [-0.39, 0.29) is 16.7 Å². The number of carboxylic acids is 1. The van der Waals surface area contributed by atoms with Crippen LogP contribution in [0.4, 0.5) is 0 Å². The zero-order chi connectivity index (χ0) is 14.5. The summed E-state index contributed by atoms with van der Waals surface area (Å²) in [4.78, 5) is 38.7. The van der Waals surface area contributed by atoms with Gasteiger partial charge in [-0.25, -0.2) is 4.79 Å². The highest BCUT2D eigenvalue weighted by atomic mass is 32.2. The Morgan fingerprint density at radius 2 is 2.15 bits per heavy atom. The summed E-state index contributed by atoms with van der Waals surface area (Å²) >= 11 is 1.63. The van der Waals surface area contributed by atoms with E-state index < -0.39 is 18.1 Å².